The minimum atomic E-state index is 0.177. The van der Waals surface area contributed by atoms with Gasteiger partial charge in [0.25, 0.3) is 0 Å². The number of nitrogens with zero attached hydrogens (tertiary/aromatic N) is 1. The second-order valence-electron chi connectivity index (χ2n) is 5.20. The van der Waals surface area contributed by atoms with Crippen LogP contribution in [0.5, 0.6) is 5.75 Å². The van der Waals surface area contributed by atoms with Crippen molar-refractivity contribution in [2.45, 2.75) is 20.3 Å². The molecule has 0 aliphatic carbocycles. The van der Waals surface area contributed by atoms with Crippen LogP contribution in [0.1, 0.15) is 29.3 Å². The molecule has 0 saturated carbocycles. The number of ether oxygens (including phenoxy) is 1. The number of aryl methyl sites for hydroxylation is 1. The third-order valence-corrected chi connectivity index (χ3v) is 3.60. The first-order valence-electron chi connectivity index (χ1n) is 7.40. The minimum absolute atomic E-state index is 0.177. The third kappa shape index (κ3) is 4.05. The lowest BCUT2D eigenvalue weighted by Gasteiger charge is -2.26. The number of nitrogens with one attached hydrogen (secondary N) is 1. The van der Waals surface area contributed by atoms with Gasteiger partial charge in [0.1, 0.15) is 5.75 Å². The van der Waals surface area contributed by atoms with Crippen molar-refractivity contribution < 1.29 is 9.53 Å². The Labute approximate surface area is 121 Å². The molecule has 1 aliphatic heterocycles. The van der Waals surface area contributed by atoms with Crippen LogP contribution in [0, 0.1) is 6.92 Å². The van der Waals surface area contributed by atoms with Crippen molar-refractivity contribution >= 4 is 5.78 Å². The van der Waals surface area contributed by atoms with Crippen molar-refractivity contribution in [2.75, 3.05) is 39.3 Å². The first-order chi connectivity index (χ1) is 9.70. The van der Waals surface area contributed by atoms with Crippen molar-refractivity contribution in [3.8, 4) is 5.75 Å². The highest BCUT2D eigenvalue weighted by atomic mass is 16.5. The summed E-state index contributed by atoms with van der Waals surface area (Å²) in [6, 6.07) is 5.82. The maximum atomic E-state index is 12.4. The summed E-state index contributed by atoms with van der Waals surface area (Å²) in [5.41, 5.74) is 1.82. The fraction of sp³-hybridized carbons (Fsp3) is 0.562. The molecule has 1 aromatic rings. The molecule has 1 saturated heterocycles. The van der Waals surface area contributed by atoms with Gasteiger partial charge < -0.3 is 15.0 Å². The molecule has 20 heavy (non-hydrogen) atoms. The summed E-state index contributed by atoms with van der Waals surface area (Å²) in [4.78, 5) is 14.8. The van der Waals surface area contributed by atoms with Gasteiger partial charge in [-0.2, -0.15) is 0 Å². The van der Waals surface area contributed by atoms with E-state index in [9.17, 15) is 4.79 Å². The van der Waals surface area contributed by atoms with Crippen LogP contribution in [0.2, 0.25) is 0 Å². The quantitative estimate of drug-likeness (QED) is 0.805. The molecule has 1 N–H and O–H groups in total. The second-order valence-corrected chi connectivity index (χ2v) is 5.20. The zero-order chi connectivity index (χ0) is 14.4. The Kier molecular flexibility index (Phi) is 5.56. The molecule has 0 amide bonds. The van der Waals surface area contributed by atoms with Gasteiger partial charge in [0.15, 0.2) is 5.78 Å². The molecule has 0 bridgehead atoms. The third-order valence-electron chi connectivity index (χ3n) is 3.60. The van der Waals surface area contributed by atoms with E-state index >= 15 is 0 Å². The van der Waals surface area contributed by atoms with Crippen molar-refractivity contribution in [1.82, 2.24) is 10.2 Å². The summed E-state index contributed by atoms with van der Waals surface area (Å²) >= 11 is 0. The lowest BCUT2D eigenvalue weighted by atomic mass is 10.0. The summed E-state index contributed by atoms with van der Waals surface area (Å²) in [6.07, 6.45) is 0.559. The highest BCUT2D eigenvalue weighted by molar-refractivity contribution is 5.99. The predicted octanol–water partition coefficient (Wildman–Crippen LogP) is 1.87. The first kappa shape index (κ1) is 15.0. The topological polar surface area (TPSA) is 41.6 Å². The average Bonchev–Trinajstić information content (AvgIpc) is 2.48. The van der Waals surface area contributed by atoms with Gasteiger partial charge in [0.2, 0.25) is 0 Å². The zero-order valence-corrected chi connectivity index (χ0v) is 12.4. The Morgan fingerprint density at radius 1 is 1.35 bits per heavy atom. The second kappa shape index (κ2) is 7.41. The number of hydrogen-bond donors (Lipinski definition) is 1. The van der Waals surface area contributed by atoms with E-state index in [1.807, 2.05) is 32.0 Å². The van der Waals surface area contributed by atoms with Crippen LogP contribution < -0.4 is 10.1 Å². The molecule has 0 spiro atoms. The fourth-order valence-electron chi connectivity index (χ4n) is 2.47. The summed E-state index contributed by atoms with van der Waals surface area (Å²) in [5, 5.41) is 3.32. The minimum Gasteiger partial charge on any atom is -0.493 e. The number of ketones is 1. The van der Waals surface area contributed by atoms with E-state index in [2.05, 4.69) is 10.2 Å². The van der Waals surface area contributed by atoms with Crippen LogP contribution in [0.4, 0.5) is 0 Å². The molecule has 4 heteroatoms. The first-order valence-corrected chi connectivity index (χ1v) is 7.40. The average molecular weight is 276 g/mol. The number of benzene rings is 1. The number of hydrogen-bond acceptors (Lipinski definition) is 4. The van der Waals surface area contributed by atoms with Gasteiger partial charge in [-0.3, -0.25) is 4.79 Å². The molecular weight excluding hydrogens is 252 g/mol. The fourth-order valence-corrected chi connectivity index (χ4v) is 2.47. The number of carbonyl (C=O) groups is 1. The van der Waals surface area contributed by atoms with Crippen LogP contribution >= 0.6 is 0 Å². The van der Waals surface area contributed by atoms with Gasteiger partial charge >= 0.3 is 0 Å². The van der Waals surface area contributed by atoms with Gasteiger partial charge in [0.05, 0.1) is 12.2 Å². The number of Topliss-reactive ketones (excluding diaryl/α,β-unsaturated/α-hetero) is 1. The summed E-state index contributed by atoms with van der Waals surface area (Å²) in [5.74, 6) is 0.888. The molecule has 110 valence electrons. The number of piperazine rings is 1. The lowest BCUT2D eigenvalue weighted by Crippen LogP contribution is -2.44. The smallest absolute Gasteiger partial charge is 0.167 e. The summed E-state index contributed by atoms with van der Waals surface area (Å²) in [6.45, 7) is 9.45. The molecule has 1 aromatic carbocycles. The Morgan fingerprint density at radius 2 is 2.10 bits per heavy atom. The molecule has 1 heterocycles. The van der Waals surface area contributed by atoms with Crippen LogP contribution in [-0.2, 0) is 0 Å². The Morgan fingerprint density at radius 3 is 2.80 bits per heavy atom. The highest BCUT2D eigenvalue weighted by Crippen LogP contribution is 2.21. The number of carbonyl (C=O) groups excluding carboxylic acids is 1. The van der Waals surface area contributed by atoms with Crippen molar-refractivity contribution in [1.29, 1.82) is 0 Å². The molecule has 1 fully saturated rings. The molecular formula is C16H24N2O2. The maximum absolute atomic E-state index is 12.4. The lowest BCUT2D eigenvalue weighted by molar-refractivity contribution is 0.0957. The van der Waals surface area contributed by atoms with E-state index in [1.165, 1.54) is 0 Å². The standard InChI is InChI=1S/C16H24N2O2/c1-3-20-16-5-4-13(2)12-14(16)15(19)6-9-18-10-7-17-8-11-18/h4-5,12,17H,3,6-11H2,1-2H3. The van der Waals surface area contributed by atoms with Crippen LogP contribution in [0.25, 0.3) is 0 Å². The zero-order valence-electron chi connectivity index (χ0n) is 12.4. The van der Waals surface area contributed by atoms with Crippen molar-refractivity contribution in [3.05, 3.63) is 29.3 Å². The normalized spacial score (nSPS) is 16.1. The number of rotatable bonds is 6. The summed E-state index contributed by atoms with van der Waals surface area (Å²) in [7, 11) is 0. The van der Waals surface area contributed by atoms with Crippen molar-refractivity contribution in [2.24, 2.45) is 0 Å². The van der Waals surface area contributed by atoms with Gasteiger partial charge in [0, 0.05) is 39.1 Å². The molecule has 2 rings (SSSR count). The van der Waals surface area contributed by atoms with Crippen LogP contribution in [-0.4, -0.2) is 50.0 Å². The molecule has 0 unspecified atom stereocenters. The molecule has 0 radical (unpaired) electrons. The summed E-state index contributed by atoms with van der Waals surface area (Å²) < 4.78 is 5.56. The van der Waals surface area contributed by atoms with Gasteiger partial charge in [-0.05, 0) is 26.0 Å². The Hall–Kier alpha value is -1.39. The van der Waals surface area contributed by atoms with Gasteiger partial charge in [-0.25, -0.2) is 0 Å². The van der Waals surface area contributed by atoms with E-state index in [-0.39, 0.29) is 5.78 Å². The van der Waals surface area contributed by atoms with E-state index in [1.54, 1.807) is 0 Å². The maximum Gasteiger partial charge on any atom is 0.167 e. The monoisotopic (exact) mass is 276 g/mol. The molecule has 0 atom stereocenters. The largest absolute Gasteiger partial charge is 0.493 e. The molecule has 0 aromatic heterocycles. The highest BCUT2D eigenvalue weighted by Gasteiger charge is 2.15. The van der Waals surface area contributed by atoms with E-state index in [4.69, 9.17) is 4.74 Å². The van der Waals surface area contributed by atoms with Gasteiger partial charge in [-0.15, -0.1) is 0 Å². The van der Waals surface area contributed by atoms with Crippen LogP contribution in [0.3, 0.4) is 0 Å². The van der Waals surface area contributed by atoms with Crippen molar-refractivity contribution in [3.63, 3.8) is 0 Å². The van der Waals surface area contributed by atoms with E-state index in [0.29, 0.717) is 18.8 Å². The Bertz CT molecular complexity index is 454. The predicted molar refractivity (Wildman–Crippen MR) is 80.6 cm³/mol. The van der Waals surface area contributed by atoms with E-state index in [0.717, 1.165) is 43.9 Å². The van der Waals surface area contributed by atoms with Gasteiger partial charge in [-0.1, -0.05) is 11.6 Å². The molecule has 4 nitrogen and oxygen atoms in total. The Balaban J connectivity index is 1.98. The SMILES string of the molecule is CCOc1ccc(C)cc1C(=O)CCN1CCNCC1. The molecule has 1 aliphatic rings. The van der Waals surface area contributed by atoms with Crippen LogP contribution in [0.15, 0.2) is 18.2 Å². The van der Waals surface area contributed by atoms with E-state index < -0.39 is 0 Å².